The summed E-state index contributed by atoms with van der Waals surface area (Å²) in [5, 5.41) is 4.20. The quantitative estimate of drug-likeness (QED) is 0.757. The van der Waals surface area contributed by atoms with Crippen molar-refractivity contribution in [2.75, 3.05) is 7.11 Å². The third-order valence-electron chi connectivity index (χ3n) is 2.65. The Labute approximate surface area is 99.8 Å². The highest BCUT2D eigenvalue weighted by Crippen LogP contribution is 2.25. The molecule has 1 aromatic heterocycles. The van der Waals surface area contributed by atoms with Gasteiger partial charge in [0, 0.05) is 23.9 Å². The maximum absolute atomic E-state index is 11.1. The van der Waals surface area contributed by atoms with Gasteiger partial charge in [-0.2, -0.15) is 5.10 Å². The molecule has 0 spiro atoms. The zero-order valence-electron chi connectivity index (χ0n) is 9.88. The Morgan fingerprint density at radius 3 is 2.88 bits per heavy atom. The number of methoxy groups -OCH3 is 1. The summed E-state index contributed by atoms with van der Waals surface area (Å²) < 4.78 is 6.92. The second-order valence-electron chi connectivity index (χ2n) is 3.66. The average molecular weight is 230 g/mol. The number of hydrogen-bond donors (Lipinski definition) is 0. The maximum atomic E-state index is 11.1. The lowest BCUT2D eigenvalue weighted by molar-refractivity contribution is 0.112. The van der Waals surface area contributed by atoms with Gasteiger partial charge in [0.05, 0.1) is 13.3 Å². The minimum atomic E-state index is 0.611. The van der Waals surface area contributed by atoms with Crippen LogP contribution >= 0.6 is 0 Å². The summed E-state index contributed by atoms with van der Waals surface area (Å²) in [6, 6.07) is 5.44. The number of benzene rings is 1. The van der Waals surface area contributed by atoms with E-state index in [1.807, 2.05) is 29.9 Å². The van der Waals surface area contributed by atoms with Gasteiger partial charge in [-0.05, 0) is 30.7 Å². The summed E-state index contributed by atoms with van der Waals surface area (Å²) in [5.74, 6) is 0.679. The number of rotatable bonds is 4. The van der Waals surface area contributed by atoms with Crippen molar-refractivity contribution >= 4 is 6.29 Å². The normalized spacial score (nSPS) is 10.2. The first-order valence-electron chi connectivity index (χ1n) is 5.44. The van der Waals surface area contributed by atoms with E-state index >= 15 is 0 Å². The molecule has 88 valence electrons. The van der Waals surface area contributed by atoms with Crippen LogP contribution in [0, 0.1) is 0 Å². The molecule has 4 heteroatoms. The van der Waals surface area contributed by atoms with Gasteiger partial charge in [0.1, 0.15) is 5.75 Å². The van der Waals surface area contributed by atoms with Gasteiger partial charge < -0.3 is 4.74 Å². The molecule has 0 N–H and O–H groups in total. The summed E-state index contributed by atoms with van der Waals surface area (Å²) in [4.78, 5) is 11.1. The molecule has 0 aliphatic rings. The Balaban J connectivity index is 2.47. The summed E-state index contributed by atoms with van der Waals surface area (Å²) in [6.07, 6.45) is 4.52. The Bertz CT molecular complexity index is 532. The summed E-state index contributed by atoms with van der Waals surface area (Å²) in [5.41, 5.74) is 2.43. The van der Waals surface area contributed by atoms with Gasteiger partial charge in [0.15, 0.2) is 6.29 Å². The first-order chi connectivity index (χ1) is 8.28. The molecule has 2 rings (SSSR count). The molecule has 1 aromatic carbocycles. The van der Waals surface area contributed by atoms with E-state index in [0.29, 0.717) is 11.3 Å². The molecule has 0 aliphatic carbocycles. The molecule has 17 heavy (non-hydrogen) atoms. The van der Waals surface area contributed by atoms with Gasteiger partial charge in [0.2, 0.25) is 0 Å². The highest BCUT2D eigenvalue weighted by Gasteiger charge is 2.08. The van der Waals surface area contributed by atoms with E-state index in [4.69, 9.17) is 4.74 Å². The van der Waals surface area contributed by atoms with E-state index in [2.05, 4.69) is 5.10 Å². The van der Waals surface area contributed by atoms with Crippen molar-refractivity contribution in [1.29, 1.82) is 0 Å². The van der Waals surface area contributed by atoms with Crippen molar-refractivity contribution in [1.82, 2.24) is 9.78 Å². The van der Waals surface area contributed by atoms with E-state index in [-0.39, 0.29) is 0 Å². The third-order valence-corrected chi connectivity index (χ3v) is 2.65. The molecule has 0 fully saturated rings. The summed E-state index contributed by atoms with van der Waals surface area (Å²) in [6.45, 7) is 2.83. The molecule has 0 aliphatic heterocycles. The lowest BCUT2D eigenvalue weighted by Crippen LogP contribution is -1.92. The number of nitrogens with zero attached hydrogens (tertiary/aromatic N) is 2. The van der Waals surface area contributed by atoms with Crippen molar-refractivity contribution in [2.45, 2.75) is 13.5 Å². The maximum Gasteiger partial charge on any atom is 0.150 e. The molecule has 0 bridgehead atoms. The smallest absolute Gasteiger partial charge is 0.150 e. The number of hydrogen-bond acceptors (Lipinski definition) is 3. The van der Waals surface area contributed by atoms with Gasteiger partial charge in [-0.1, -0.05) is 0 Å². The molecule has 4 nitrogen and oxygen atoms in total. The number of aldehydes is 1. The van der Waals surface area contributed by atoms with E-state index < -0.39 is 0 Å². The number of aryl methyl sites for hydroxylation is 1. The van der Waals surface area contributed by atoms with Crippen LogP contribution in [0.2, 0.25) is 0 Å². The number of carbonyl (C=O) groups is 1. The molecule has 0 radical (unpaired) electrons. The van der Waals surface area contributed by atoms with E-state index in [1.54, 1.807) is 19.4 Å². The van der Waals surface area contributed by atoms with Crippen LogP contribution < -0.4 is 4.74 Å². The van der Waals surface area contributed by atoms with Crippen LogP contribution in [-0.2, 0) is 6.54 Å². The standard InChI is InChI=1S/C13H14N2O2/c1-3-15-8-11(7-14-15)13-5-4-12(17-2)6-10(13)9-16/h4-9H,3H2,1-2H3. The zero-order valence-corrected chi connectivity index (χ0v) is 9.88. The van der Waals surface area contributed by atoms with E-state index in [1.165, 1.54) is 0 Å². The Hall–Kier alpha value is -2.10. The summed E-state index contributed by atoms with van der Waals surface area (Å²) >= 11 is 0. The molecule has 2 aromatic rings. The van der Waals surface area contributed by atoms with Crippen molar-refractivity contribution in [3.63, 3.8) is 0 Å². The van der Waals surface area contributed by atoms with E-state index in [0.717, 1.165) is 24.0 Å². The van der Waals surface area contributed by atoms with Gasteiger partial charge in [-0.3, -0.25) is 9.48 Å². The third kappa shape index (κ3) is 2.20. The topological polar surface area (TPSA) is 44.1 Å². The first kappa shape index (κ1) is 11.4. The van der Waals surface area contributed by atoms with Crippen LogP contribution in [0.25, 0.3) is 11.1 Å². The predicted molar refractivity (Wildman–Crippen MR) is 65.3 cm³/mol. The fourth-order valence-electron chi connectivity index (χ4n) is 1.70. The van der Waals surface area contributed by atoms with Crippen molar-refractivity contribution in [3.8, 4) is 16.9 Å². The highest BCUT2D eigenvalue weighted by molar-refractivity contribution is 5.87. The monoisotopic (exact) mass is 230 g/mol. The molecular weight excluding hydrogens is 216 g/mol. The van der Waals surface area contributed by atoms with Gasteiger partial charge in [0.25, 0.3) is 0 Å². The van der Waals surface area contributed by atoms with Crippen LogP contribution in [0.3, 0.4) is 0 Å². The number of aromatic nitrogens is 2. The second-order valence-corrected chi connectivity index (χ2v) is 3.66. The Morgan fingerprint density at radius 2 is 2.29 bits per heavy atom. The van der Waals surface area contributed by atoms with Crippen molar-refractivity contribution < 1.29 is 9.53 Å². The van der Waals surface area contributed by atoms with Crippen molar-refractivity contribution in [2.24, 2.45) is 0 Å². The van der Waals surface area contributed by atoms with Gasteiger partial charge >= 0.3 is 0 Å². The molecule has 0 saturated heterocycles. The van der Waals surface area contributed by atoms with Crippen molar-refractivity contribution in [3.05, 3.63) is 36.2 Å². The lowest BCUT2D eigenvalue weighted by atomic mass is 10.0. The Morgan fingerprint density at radius 1 is 1.47 bits per heavy atom. The number of carbonyl (C=O) groups excluding carboxylic acids is 1. The molecule has 0 amide bonds. The predicted octanol–water partition coefficient (Wildman–Crippen LogP) is 2.39. The average Bonchev–Trinajstić information content (AvgIpc) is 2.86. The minimum absolute atomic E-state index is 0.611. The van der Waals surface area contributed by atoms with Gasteiger partial charge in [-0.15, -0.1) is 0 Å². The molecule has 0 saturated carbocycles. The highest BCUT2D eigenvalue weighted by atomic mass is 16.5. The SMILES string of the molecule is CCn1cc(-c2ccc(OC)cc2C=O)cn1. The first-order valence-corrected chi connectivity index (χ1v) is 5.44. The fraction of sp³-hybridized carbons (Fsp3) is 0.231. The van der Waals surface area contributed by atoms with E-state index in [9.17, 15) is 4.79 Å². The van der Waals surface area contributed by atoms with Crippen LogP contribution in [0.1, 0.15) is 17.3 Å². The largest absolute Gasteiger partial charge is 0.497 e. The van der Waals surface area contributed by atoms with Crippen LogP contribution in [0.4, 0.5) is 0 Å². The van der Waals surface area contributed by atoms with Crippen LogP contribution in [0.5, 0.6) is 5.75 Å². The molecule has 0 atom stereocenters. The number of ether oxygens (including phenoxy) is 1. The lowest BCUT2D eigenvalue weighted by Gasteiger charge is -2.05. The minimum Gasteiger partial charge on any atom is -0.497 e. The van der Waals surface area contributed by atoms with Crippen LogP contribution in [0.15, 0.2) is 30.6 Å². The fourth-order valence-corrected chi connectivity index (χ4v) is 1.70. The second kappa shape index (κ2) is 4.82. The molecule has 0 unspecified atom stereocenters. The molecule has 1 heterocycles. The zero-order chi connectivity index (χ0) is 12.3. The van der Waals surface area contributed by atoms with Crippen LogP contribution in [-0.4, -0.2) is 23.2 Å². The van der Waals surface area contributed by atoms with Gasteiger partial charge in [-0.25, -0.2) is 0 Å². The Kier molecular flexibility index (Phi) is 3.23. The summed E-state index contributed by atoms with van der Waals surface area (Å²) in [7, 11) is 1.58. The molecular formula is C13H14N2O2.